The van der Waals surface area contributed by atoms with Crippen molar-refractivity contribution in [1.29, 1.82) is 0 Å². The summed E-state index contributed by atoms with van der Waals surface area (Å²) in [6, 6.07) is 0.378. The summed E-state index contributed by atoms with van der Waals surface area (Å²) in [5.41, 5.74) is 7.29. The first-order valence-electron chi connectivity index (χ1n) is 9.36. The molecule has 0 aromatic carbocycles. The summed E-state index contributed by atoms with van der Waals surface area (Å²) in [6.45, 7) is 6.35. The van der Waals surface area contributed by atoms with Gasteiger partial charge in [-0.15, -0.1) is 0 Å². The molecule has 0 aromatic rings. The smallest absolute Gasteiger partial charge is 0.0594 e. The first-order valence-corrected chi connectivity index (χ1v) is 9.36. The first kappa shape index (κ1) is 15.8. The average Bonchev–Trinajstić information content (AvgIpc) is 3.06. The highest BCUT2D eigenvalue weighted by Crippen LogP contribution is 2.45. The van der Waals surface area contributed by atoms with Crippen molar-refractivity contribution in [3.63, 3.8) is 0 Å². The molecule has 2 N–H and O–H groups in total. The highest BCUT2D eigenvalue weighted by Gasteiger charge is 2.48. The van der Waals surface area contributed by atoms with E-state index in [2.05, 4.69) is 11.8 Å². The quantitative estimate of drug-likeness (QED) is 0.865. The molecule has 3 aliphatic rings. The third kappa shape index (κ3) is 3.02. The standard InChI is InChI=1S/C18H34N2O/c1-2-15-7-3-4-8-16(15)17(19)18(9-5-6-10-18)20-11-13-21-14-12-20/h15-17H,2-14,19H2,1H3. The molecule has 2 saturated carbocycles. The minimum atomic E-state index is 0.291. The Labute approximate surface area is 130 Å². The zero-order chi connectivity index (χ0) is 14.7. The van der Waals surface area contributed by atoms with E-state index in [-0.39, 0.29) is 0 Å². The van der Waals surface area contributed by atoms with Crippen LogP contribution in [0.15, 0.2) is 0 Å². The highest BCUT2D eigenvalue weighted by molar-refractivity contribution is 5.06. The van der Waals surface area contributed by atoms with E-state index < -0.39 is 0 Å². The summed E-state index contributed by atoms with van der Waals surface area (Å²) in [6.07, 6.45) is 12.3. The Morgan fingerprint density at radius 3 is 2.43 bits per heavy atom. The van der Waals surface area contributed by atoms with E-state index in [1.165, 1.54) is 57.8 Å². The molecular weight excluding hydrogens is 260 g/mol. The van der Waals surface area contributed by atoms with Crippen LogP contribution in [0.3, 0.4) is 0 Å². The summed E-state index contributed by atoms with van der Waals surface area (Å²) < 4.78 is 5.59. The molecule has 3 fully saturated rings. The lowest BCUT2D eigenvalue weighted by Gasteiger charge is -2.51. The zero-order valence-electron chi connectivity index (χ0n) is 13.9. The maximum atomic E-state index is 7.00. The van der Waals surface area contributed by atoms with Crippen molar-refractivity contribution >= 4 is 0 Å². The van der Waals surface area contributed by atoms with E-state index in [0.717, 1.165) is 38.1 Å². The van der Waals surface area contributed by atoms with Gasteiger partial charge in [0.05, 0.1) is 13.2 Å². The molecular formula is C18H34N2O. The minimum absolute atomic E-state index is 0.291. The molecule has 3 heteroatoms. The molecule has 0 aromatic heterocycles. The predicted molar refractivity (Wildman–Crippen MR) is 87.3 cm³/mol. The van der Waals surface area contributed by atoms with Crippen molar-refractivity contribution in [2.45, 2.75) is 76.3 Å². The van der Waals surface area contributed by atoms with Crippen molar-refractivity contribution in [3.8, 4) is 0 Å². The fraction of sp³-hybridized carbons (Fsp3) is 1.00. The SMILES string of the molecule is CCC1CCCCC1C(N)C1(N2CCOCC2)CCCC1. The van der Waals surface area contributed by atoms with Crippen molar-refractivity contribution in [2.24, 2.45) is 17.6 Å². The number of nitrogens with two attached hydrogens (primary N) is 1. The Hall–Kier alpha value is -0.120. The lowest BCUT2D eigenvalue weighted by atomic mass is 9.67. The molecule has 1 heterocycles. The zero-order valence-corrected chi connectivity index (χ0v) is 13.9. The van der Waals surface area contributed by atoms with Crippen LogP contribution in [0.5, 0.6) is 0 Å². The molecule has 122 valence electrons. The lowest BCUT2D eigenvalue weighted by Crippen LogP contribution is -2.64. The van der Waals surface area contributed by atoms with Gasteiger partial charge in [-0.25, -0.2) is 0 Å². The fourth-order valence-corrected chi connectivity index (χ4v) is 5.47. The van der Waals surface area contributed by atoms with Gasteiger partial charge in [0.15, 0.2) is 0 Å². The van der Waals surface area contributed by atoms with Crippen LogP contribution in [-0.2, 0) is 4.74 Å². The second-order valence-corrected chi connectivity index (χ2v) is 7.55. The lowest BCUT2D eigenvalue weighted by molar-refractivity contribution is -0.0457. The maximum Gasteiger partial charge on any atom is 0.0594 e. The molecule has 3 atom stereocenters. The summed E-state index contributed by atoms with van der Waals surface area (Å²) in [4.78, 5) is 2.72. The van der Waals surface area contributed by atoms with Crippen LogP contribution < -0.4 is 5.73 Å². The van der Waals surface area contributed by atoms with Crippen LogP contribution in [-0.4, -0.2) is 42.8 Å². The Morgan fingerprint density at radius 1 is 1.10 bits per heavy atom. The van der Waals surface area contributed by atoms with E-state index >= 15 is 0 Å². The van der Waals surface area contributed by atoms with E-state index in [1.807, 2.05) is 0 Å². The monoisotopic (exact) mass is 294 g/mol. The Morgan fingerprint density at radius 2 is 1.76 bits per heavy atom. The van der Waals surface area contributed by atoms with Gasteiger partial charge in [-0.3, -0.25) is 4.90 Å². The Balaban J connectivity index is 1.78. The second kappa shape index (κ2) is 6.97. The minimum Gasteiger partial charge on any atom is -0.379 e. The van der Waals surface area contributed by atoms with Crippen LogP contribution in [0.25, 0.3) is 0 Å². The molecule has 1 aliphatic heterocycles. The molecule has 3 unspecified atom stereocenters. The Bertz CT molecular complexity index is 321. The van der Waals surface area contributed by atoms with Crippen LogP contribution in [0.1, 0.15) is 64.7 Å². The number of ether oxygens (including phenoxy) is 1. The normalized spacial score (nSPS) is 35.7. The number of nitrogens with zero attached hydrogens (tertiary/aromatic N) is 1. The molecule has 3 nitrogen and oxygen atoms in total. The fourth-order valence-electron chi connectivity index (χ4n) is 5.47. The van der Waals surface area contributed by atoms with Gasteiger partial charge < -0.3 is 10.5 Å². The number of hydrogen-bond donors (Lipinski definition) is 1. The van der Waals surface area contributed by atoms with Gasteiger partial charge >= 0.3 is 0 Å². The van der Waals surface area contributed by atoms with Crippen molar-refractivity contribution in [1.82, 2.24) is 4.90 Å². The molecule has 1 saturated heterocycles. The van der Waals surface area contributed by atoms with Crippen molar-refractivity contribution in [2.75, 3.05) is 26.3 Å². The van der Waals surface area contributed by atoms with Gasteiger partial charge in [0.2, 0.25) is 0 Å². The van der Waals surface area contributed by atoms with Gasteiger partial charge in [-0.2, -0.15) is 0 Å². The van der Waals surface area contributed by atoms with Gasteiger partial charge in [0.1, 0.15) is 0 Å². The maximum absolute atomic E-state index is 7.00. The van der Waals surface area contributed by atoms with E-state index in [0.29, 0.717) is 11.6 Å². The van der Waals surface area contributed by atoms with Crippen LogP contribution in [0.4, 0.5) is 0 Å². The van der Waals surface area contributed by atoms with Crippen LogP contribution in [0.2, 0.25) is 0 Å². The summed E-state index contributed by atoms with van der Waals surface area (Å²) in [7, 11) is 0. The van der Waals surface area contributed by atoms with E-state index in [4.69, 9.17) is 10.5 Å². The van der Waals surface area contributed by atoms with E-state index in [1.54, 1.807) is 0 Å². The third-order valence-electron chi connectivity index (χ3n) is 6.68. The highest BCUT2D eigenvalue weighted by atomic mass is 16.5. The molecule has 2 aliphatic carbocycles. The Kier molecular flexibility index (Phi) is 5.23. The van der Waals surface area contributed by atoms with Crippen LogP contribution in [0, 0.1) is 11.8 Å². The van der Waals surface area contributed by atoms with Gasteiger partial charge in [0, 0.05) is 24.7 Å². The molecule has 0 radical (unpaired) electrons. The van der Waals surface area contributed by atoms with Gasteiger partial charge in [0.25, 0.3) is 0 Å². The molecule has 21 heavy (non-hydrogen) atoms. The first-order chi connectivity index (χ1) is 10.3. The molecule has 0 amide bonds. The number of rotatable bonds is 4. The molecule has 0 bridgehead atoms. The van der Waals surface area contributed by atoms with E-state index in [9.17, 15) is 0 Å². The summed E-state index contributed by atoms with van der Waals surface area (Å²) in [5.74, 6) is 1.62. The summed E-state index contributed by atoms with van der Waals surface area (Å²) >= 11 is 0. The number of hydrogen-bond acceptors (Lipinski definition) is 3. The summed E-state index contributed by atoms with van der Waals surface area (Å²) in [5, 5.41) is 0. The largest absolute Gasteiger partial charge is 0.379 e. The average molecular weight is 294 g/mol. The molecule has 3 rings (SSSR count). The van der Waals surface area contributed by atoms with Crippen LogP contribution >= 0.6 is 0 Å². The van der Waals surface area contributed by atoms with Crippen molar-refractivity contribution in [3.05, 3.63) is 0 Å². The molecule has 0 spiro atoms. The predicted octanol–water partition coefficient (Wildman–Crippen LogP) is 3.18. The number of morpholine rings is 1. The van der Waals surface area contributed by atoms with Gasteiger partial charge in [-0.05, 0) is 31.1 Å². The second-order valence-electron chi connectivity index (χ2n) is 7.55. The van der Waals surface area contributed by atoms with Gasteiger partial charge in [-0.1, -0.05) is 45.4 Å². The third-order valence-corrected chi connectivity index (χ3v) is 6.68. The topological polar surface area (TPSA) is 38.5 Å². The van der Waals surface area contributed by atoms with Crippen molar-refractivity contribution < 1.29 is 4.74 Å².